The average molecular weight is 193 g/mol. The molecular formula is C9H11N3O2. The highest BCUT2D eigenvalue weighted by Gasteiger charge is 2.18. The van der Waals surface area contributed by atoms with Crippen molar-refractivity contribution in [2.24, 2.45) is 0 Å². The standard InChI is InChI=1S/C9H11N3O2/c10-8-6-7(12(13)14)2-3-9(8)11-4-1-5-11/h2-3,6H,1,4-5,10H2. The monoisotopic (exact) mass is 193 g/mol. The number of nitrogens with zero attached hydrogens (tertiary/aromatic N) is 2. The zero-order valence-corrected chi connectivity index (χ0v) is 7.64. The summed E-state index contributed by atoms with van der Waals surface area (Å²) in [5.41, 5.74) is 7.16. The fourth-order valence-electron chi connectivity index (χ4n) is 1.50. The summed E-state index contributed by atoms with van der Waals surface area (Å²) in [5.74, 6) is 0. The highest BCUT2D eigenvalue weighted by molar-refractivity contribution is 5.71. The quantitative estimate of drug-likeness (QED) is 0.437. The molecule has 0 amide bonds. The fraction of sp³-hybridized carbons (Fsp3) is 0.333. The number of anilines is 2. The molecule has 2 rings (SSSR count). The minimum absolute atomic E-state index is 0.0479. The van der Waals surface area contributed by atoms with Gasteiger partial charge in [-0.15, -0.1) is 0 Å². The van der Waals surface area contributed by atoms with Gasteiger partial charge in [0.2, 0.25) is 0 Å². The Kier molecular flexibility index (Phi) is 1.99. The number of rotatable bonds is 2. The van der Waals surface area contributed by atoms with Crippen molar-refractivity contribution in [3.63, 3.8) is 0 Å². The summed E-state index contributed by atoms with van der Waals surface area (Å²) in [6, 6.07) is 4.62. The molecule has 0 unspecified atom stereocenters. The van der Waals surface area contributed by atoms with E-state index >= 15 is 0 Å². The van der Waals surface area contributed by atoms with Gasteiger partial charge in [-0.2, -0.15) is 0 Å². The van der Waals surface area contributed by atoms with Gasteiger partial charge in [-0.25, -0.2) is 0 Å². The van der Waals surface area contributed by atoms with Crippen LogP contribution in [0.5, 0.6) is 0 Å². The molecule has 0 aromatic heterocycles. The van der Waals surface area contributed by atoms with E-state index in [2.05, 4.69) is 4.90 Å². The molecule has 0 radical (unpaired) electrons. The molecule has 74 valence electrons. The highest BCUT2D eigenvalue weighted by Crippen LogP contribution is 2.30. The van der Waals surface area contributed by atoms with Gasteiger partial charge < -0.3 is 10.6 Å². The Bertz CT molecular complexity index is 374. The Hall–Kier alpha value is -1.78. The van der Waals surface area contributed by atoms with Crippen LogP contribution >= 0.6 is 0 Å². The molecule has 1 aliphatic heterocycles. The first kappa shape index (κ1) is 8.80. The lowest BCUT2D eigenvalue weighted by Crippen LogP contribution is -2.37. The van der Waals surface area contributed by atoms with Crippen molar-refractivity contribution >= 4 is 17.1 Å². The van der Waals surface area contributed by atoms with Crippen molar-refractivity contribution in [1.82, 2.24) is 0 Å². The second-order valence-electron chi connectivity index (χ2n) is 3.34. The molecule has 5 heteroatoms. The van der Waals surface area contributed by atoms with Crippen LogP contribution in [0.4, 0.5) is 17.1 Å². The largest absolute Gasteiger partial charge is 0.397 e. The summed E-state index contributed by atoms with van der Waals surface area (Å²) in [6.07, 6.45) is 1.16. The molecule has 0 saturated carbocycles. The van der Waals surface area contributed by atoms with E-state index in [9.17, 15) is 10.1 Å². The van der Waals surface area contributed by atoms with Gasteiger partial charge in [-0.1, -0.05) is 0 Å². The summed E-state index contributed by atoms with van der Waals surface area (Å²) in [4.78, 5) is 12.1. The topological polar surface area (TPSA) is 72.4 Å². The number of benzene rings is 1. The van der Waals surface area contributed by atoms with Crippen LogP contribution in [0.15, 0.2) is 18.2 Å². The molecule has 2 N–H and O–H groups in total. The number of nitrogen functional groups attached to an aromatic ring is 1. The molecule has 14 heavy (non-hydrogen) atoms. The molecule has 0 aliphatic carbocycles. The van der Waals surface area contributed by atoms with Crippen LogP contribution in [0, 0.1) is 10.1 Å². The Morgan fingerprint density at radius 2 is 2.14 bits per heavy atom. The second kappa shape index (κ2) is 3.17. The van der Waals surface area contributed by atoms with Crippen LogP contribution in [0.25, 0.3) is 0 Å². The lowest BCUT2D eigenvalue weighted by atomic mass is 10.1. The van der Waals surface area contributed by atoms with E-state index in [-0.39, 0.29) is 5.69 Å². The second-order valence-corrected chi connectivity index (χ2v) is 3.34. The van der Waals surface area contributed by atoms with E-state index in [1.165, 1.54) is 12.1 Å². The van der Waals surface area contributed by atoms with Crippen molar-refractivity contribution in [3.05, 3.63) is 28.3 Å². The van der Waals surface area contributed by atoms with Crippen LogP contribution in [0.2, 0.25) is 0 Å². The fourth-order valence-corrected chi connectivity index (χ4v) is 1.50. The van der Waals surface area contributed by atoms with Crippen molar-refractivity contribution in [3.8, 4) is 0 Å². The maximum Gasteiger partial charge on any atom is 0.271 e. The van der Waals surface area contributed by atoms with Gasteiger partial charge in [0.1, 0.15) is 0 Å². The maximum absolute atomic E-state index is 10.5. The predicted octanol–water partition coefficient (Wildman–Crippen LogP) is 1.39. The van der Waals surface area contributed by atoms with Gasteiger partial charge >= 0.3 is 0 Å². The molecule has 1 aromatic rings. The van der Waals surface area contributed by atoms with Gasteiger partial charge in [-0.3, -0.25) is 10.1 Å². The van der Waals surface area contributed by atoms with Crippen LogP contribution < -0.4 is 10.6 Å². The minimum atomic E-state index is -0.434. The number of nitrogens with two attached hydrogens (primary N) is 1. The Labute approximate surface area is 81.3 Å². The highest BCUT2D eigenvalue weighted by atomic mass is 16.6. The van der Waals surface area contributed by atoms with E-state index in [0.717, 1.165) is 25.2 Å². The predicted molar refractivity (Wildman–Crippen MR) is 54.3 cm³/mol. The van der Waals surface area contributed by atoms with Crippen molar-refractivity contribution in [1.29, 1.82) is 0 Å². The third-order valence-corrected chi connectivity index (χ3v) is 2.42. The smallest absolute Gasteiger partial charge is 0.271 e. The summed E-state index contributed by atoms with van der Waals surface area (Å²) < 4.78 is 0. The van der Waals surface area contributed by atoms with Gasteiger partial charge in [0.25, 0.3) is 5.69 Å². The van der Waals surface area contributed by atoms with E-state index in [4.69, 9.17) is 5.73 Å². The van der Waals surface area contributed by atoms with Gasteiger partial charge in [0, 0.05) is 25.2 Å². The molecular weight excluding hydrogens is 182 g/mol. The Morgan fingerprint density at radius 1 is 1.43 bits per heavy atom. The number of nitro groups is 1. The molecule has 0 bridgehead atoms. The van der Waals surface area contributed by atoms with Gasteiger partial charge in [0.05, 0.1) is 16.3 Å². The molecule has 1 saturated heterocycles. The minimum Gasteiger partial charge on any atom is -0.397 e. The first-order chi connectivity index (χ1) is 6.68. The Balaban J connectivity index is 2.30. The summed E-state index contributed by atoms with van der Waals surface area (Å²) >= 11 is 0. The van der Waals surface area contributed by atoms with Crippen molar-refractivity contribution in [2.75, 3.05) is 23.7 Å². The van der Waals surface area contributed by atoms with E-state index < -0.39 is 4.92 Å². The molecule has 1 fully saturated rings. The SMILES string of the molecule is Nc1cc([N+](=O)[O-])ccc1N1CCC1. The lowest BCUT2D eigenvalue weighted by Gasteiger charge is -2.33. The number of hydrogen-bond acceptors (Lipinski definition) is 4. The average Bonchev–Trinajstić information content (AvgIpc) is 2.04. The lowest BCUT2D eigenvalue weighted by molar-refractivity contribution is -0.384. The zero-order chi connectivity index (χ0) is 10.1. The van der Waals surface area contributed by atoms with Crippen LogP contribution in [0.3, 0.4) is 0 Å². The summed E-state index contributed by atoms with van der Waals surface area (Å²) in [7, 11) is 0. The molecule has 1 heterocycles. The van der Waals surface area contributed by atoms with E-state index in [1.807, 2.05) is 0 Å². The summed E-state index contributed by atoms with van der Waals surface area (Å²) in [6.45, 7) is 1.98. The Morgan fingerprint density at radius 3 is 2.57 bits per heavy atom. The van der Waals surface area contributed by atoms with Crippen LogP contribution in [0.1, 0.15) is 6.42 Å². The molecule has 1 aromatic carbocycles. The third-order valence-electron chi connectivity index (χ3n) is 2.42. The van der Waals surface area contributed by atoms with E-state index in [0.29, 0.717) is 5.69 Å². The van der Waals surface area contributed by atoms with Crippen molar-refractivity contribution < 1.29 is 4.92 Å². The molecule has 0 atom stereocenters. The normalized spacial score (nSPS) is 15.0. The third kappa shape index (κ3) is 1.37. The number of non-ortho nitro benzene ring substituents is 1. The summed E-state index contributed by atoms with van der Waals surface area (Å²) in [5, 5.41) is 10.5. The molecule has 5 nitrogen and oxygen atoms in total. The maximum atomic E-state index is 10.5. The van der Waals surface area contributed by atoms with Crippen LogP contribution in [-0.4, -0.2) is 18.0 Å². The van der Waals surface area contributed by atoms with Gasteiger partial charge in [0.15, 0.2) is 0 Å². The van der Waals surface area contributed by atoms with Crippen molar-refractivity contribution in [2.45, 2.75) is 6.42 Å². The van der Waals surface area contributed by atoms with Gasteiger partial charge in [-0.05, 0) is 12.5 Å². The zero-order valence-electron chi connectivity index (χ0n) is 7.64. The molecule has 1 aliphatic rings. The van der Waals surface area contributed by atoms with E-state index in [1.54, 1.807) is 6.07 Å². The van der Waals surface area contributed by atoms with Crippen LogP contribution in [-0.2, 0) is 0 Å². The first-order valence-electron chi connectivity index (χ1n) is 4.47. The molecule has 0 spiro atoms. The first-order valence-corrected chi connectivity index (χ1v) is 4.47. The number of nitro benzene ring substituents is 1. The number of hydrogen-bond donors (Lipinski definition) is 1.